The van der Waals surface area contributed by atoms with Crippen LogP contribution in [0.2, 0.25) is 0 Å². The minimum absolute atomic E-state index is 0.336. The summed E-state index contributed by atoms with van der Waals surface area (Å²) >= 11 is 0. The maximum absolute atomic E-state index is 5.64. The van der Waals surface area contributed by atoms with Gasteiger partial charge in [0.2, 0.25) is 0 Å². The van der Waals surface area contributed by atoms with E-state index >= 15 is 0 Å². The number of ether oxygens (including phenoxy) is 2. The maximum atomic E-state index is 5.64. The van der Waals surface area contributed by atoms with Crippen molar-refractivity contribution < 1.29 is 14.3 Å². The van der Waals surface area contributed by atoms with Gasteiger partial charge in [0.15, 0.2) is 6.61 Å². The minimum Gasteiger partial charge on any atom is -0.497 e. The molecule has 0 fully saturated rings. The fourth-order valence-electron chi connectivity index (χ4n) is 2.35. The summed E-state index contributed by atoms with van der Waals surface area (Å²) in [7, 11) is 1.63. The molecule has 0 aliphatic rings. The van der Waals surface area contributed by atoms with Gasteiger partial charge < -0.3 is 14.3 Å². The Morgan fingerprint density at radius 2 is 1.58 bits per heavy atom. The van der Waals surface area contributed by atoms with Crippen molar-refractivity contribution >= 4 is 5.71 Å². The molecule has 0 radical (unpaired) electrons. The summed E-state index contributed by atoms with van der Waals surface area (Å²) in [6, 6.07) is 21.1. The van der Waals surface area contributed by atoms with Gasteiger partial charge >= 0.3 is 0 Å². The number of pyridine rings is 1. The van der Waals surface area contributed by atoms with Gasteiger partial charge in [0, 0.05) is 23.5 Å². The molecule has 0 amide bonds. The Bertz CT molecular complexity index is 777. The molecule has 0 bridgehead atoms. The van der Waals surface area contributed by atoms with E-state index in [4.69, 9.17) is 14.3 Å². The zero-order valence-electron chi connectivity index (χ0n) is 14.5. The van der Waals surface area contributed by atoms with E-state index < -0.39 is 0 Å². The molecular formula is C21H20N2O3. The fraction of sp³-hybridized carbons (Fsp3) is 0.143. The molecule has 26 heavy (non-hydrogen) atoms. The van der Waals surface area contributed by atoms with E-state index in [1.54, 1.807) is 19.5 Å². The molecule has 0 unspecified atom stereocenters. The van der Waals surface area contributed by atoms with Crippen molar-refractivity contribution in [1.29, 1.82) is 0 Å². The zero-order valence-corrected chi connectivity index (χ0v) is 14.5. The highest BCUT2D eigenvalue weighted by Gasteiger charge is 2.07. The normalized spacial score (nSPS) is 11.0. The summed E-state index contributed by atoms with van der Waals surface area (Å²) < 4.78 is 10.8. The third-order valence-corrected chi connectivity index (χ3v) is 3.64. The molecule has 0 atom stereocenters. The molecule has 0 saturated carbocycles. The maximum Gasteiger partial charge on any atom is 0.151 e. The van der Waals surface area contributed by atoms with E-state index in [-0.39, 0.29) is 0 Å². The number of methoxy groups -OCH3 is 1. The molecule has 5 heteroatoms. The van der Waals surface area contributed by atoms with Gasteiger partial charge in [-0.3, -0.25) is 4.98 Å². The highest BCUT2D eigenvalue weighted by Crippen LogP contribution is 2.17. The second kappa shape index (κ2) is 9.22. The number of nitrogens with zero attached hydrogens (tertiary/aromatic N) is 2. The summed E-state index contributed by atoms with van der Waals surface area (Å²) in [5, 5.41) is 4.30. The van der Waals surface area contributed by atoms with Crippen LogP contribution in [0.15, 0.2) is 84.3 Å². The summed E-state index contributed by atoms with van der Waals surface area (Å²) in [4.78, 5) is 9.64. The number of hydrogen-bond donors (Lipinski definition) is 0. The standard InChI is InChI=1S/C21H20N2O3/c1-24-19-9-11-20(12-10-19)25-14-15-26-23-21(17-6-3-2-4-7-17)18-8-5-13-22-16-18/h2-13,16H,14-15H2,1H3. The Morgan fingerprint density at radius 1 is 0.846 bits per heavy atom. The lowest BCUT2D eigenvalue weighted by Crippen LogP contribution is -2.08. The number of benzene rings is 2. The third kappa shape index (κ3) is 4.83. The van der Waals surface area contributed by atoms with Gasteiger partial charge in [-0.2, -0.15) is 0 Å². The summed E-state index contributed by atoms with van der Waals surface area (Å²) in [6.07, 6.45) is 3.50. The summed E-state index contributed by atoms with van der Waals surface area (Å²) in [5.74, 6) is 1.55. The predicted molar refractivity (Wildman–Crippen MR) is 101 cm³/mol. The first kappa shape index (κ1) is 17.5. The van der Waals surface area contributed by atoms with Crippen LogP contribution in [0.1, 0.15) is 11.1 Å². The minimum atomic E-state index is 0.336. The van der Waals surface area contributed by atoms with Crippen molar-refractivity contribution in [3.8, 4) is 11.5 Å². The molecule has 3 rings (SSSR count). The van der Waals surface area contributed by atoms with Crippen molar-refractivity contribution in [2.75, 3.05) is 20.3 Å². The van der Waals surface area contributed by atoms with E-state index in [0.29, 0.717) is 13.2 Å². The predicted octanol–water partition coefficient (Wildman–Crippen LogP) is 3.94. The molecule has 0 aliphatic heterocycles. The van der Waals surface area contributed by atoms with E-state index in [9.17, 15) is 0 Å². The Kier molecular flexibility index (Phi) is 6.20. The highest BCUT2D eigenvalue weighted by atomic mass is 16.6. The smallest absolute Gasteiger partial charge is 0.151 e. The van der Waals surface area contributed by atoms with Crippen LogP contribution in [-0.2, 0) is 4.84 Å². The molecule has 3 aromatic rings. The van der Waals surface area contributed by atoms with Crippen LogP contribution in [0.25, 0.3) is 0 Å². The van der Waals surface area contributed by atoms with Crippen LogP contribution in [-0.4, -0.2) is 31.0 Å². The molecule has 132 valence electrons. The zero-order chi connectivity index (χ0) is 18.0. The highest BCUT2D eigenvalue weighted by molar-refractivity contribution is 6.12. The lowest BCUT2D eigenvalue weighted by Gasteiger charge is -2.08. The van der Waals surface area contributed by atoms with Crippen LogP contribution in [0.5, 0.6) is 11.5 Å². The molecule has 0 spiro atoms. The first-order valence-corrected chi connectivity index (χ1v) is 8.29. The lowest BCUT2D eigenvalue weighted by molar-refractivity contribution is 0.107. The van der Waals surface area contributed by atoms with Gasteiger partial charge in [0.1, 0.15) is 23.8 Å². The topological polar surface area (TPSA) is 52.9 Å². The Labute approximate surface area is 152 Å². The van der Waals surface area contributed by atoms with Gasteiger partial charge in [0.25, 0.3) is 0 Å². The van der Waals surface area contributed by atoms with Crippen molar-refractivity contribution in [2.24, 2.45) is 5.16 Å². The number of hydrogen-bond acceptors (Lipinski definition) is 5. The fourth-order valence-corrected chi connectivity index (χ4v) is 2.35. The SMILES string of the molecule is COc1ccc(OCCON=C(c2ccccc2)c2cccnc2)cc1. The summed E-state index contributed by atoms with van der Waals surface area (Å²) in [6.45, 7) is 0.730. The van der Waals surface area contributed by atoms with E-state index in [0.717, 1.165) is 28.3 Å². The number of oxime groups is 1. The van der Waals surface area contributed by atoms with Gasteiger partial charge in [-0.15, -0.1) is 0 Å². The van der Waals surface area contributed by atoms with Crippen LogP contribution in [0.4, 0.5) is 0 Å². The second-order valence-electron chi connectivity index (χ2n) is 5.40. The number of rotatable bonds is 8. The second-order valence-corrected chi connectivity index (χ2v) is 5.40. The average Bonchev–Trinajstić information content (AvgIpc) is 2.72. The van der Waals surface area contributed by atoms with Gasteiger partial charge in [-0.05, 0) is 36.4 Å². The van der Waals surface area contributed by atoms with Gasteiger partial charge in [-0.1, -0.05) is 35.5 Å². The van der Waals surface area contributed by atoms with E-state index in [1.807, 2.05) is 66.7 Å². The molecule has 1 aromatic heterocycles. The molecule has 2 aromatic carbocycles. The van der Waals surface area contributed by atoms with Crippen molar-refractivity contribution in [3.05, 3.63) is 90.3 Å². The summed E-state index contributed by atoms with van der Waals surface area (Å²) in [5.41, 5.74) is 2.61. The van der Waals surface area contributed by atoms with E-state index in [2.05, 4.69) is 10.1 Å². The third-order valence-electron chi connectivity index (χ3n) is 3.64. The number of aromatic nitrogens is 1. The molecule has 0 saturated heterocycles. The molecule has 0 N–H and O–H groups in total. The van der Waals surface area contributed by atoms with Crippen molar-refractivity contribution in [1.82, 2.24) is 4.98 Å². The molecular weight excluding hydrogens is 328 g/mol. The van der Waals surface area contributed by atoms with Crippen LogP contribution >= 0.6 is 0 Å². The average molecular weight is 348 g/mol. The first-order valence-electron chi connectivity index (χ1n) is 8.29. The van der Waals surface area contributed by atoms with Gasteiger partial charge in [-0.25, -0.2) is 0 Å². The van der Waals surface area contributed by atoms with Crippen LogP contribution in [0.3, 0.4) is 0 Å². The molecule has 5 nitrogen and oxygen atoms in total. The van der Waals surface area contributed by atoms with Crippen LogP contribution in [0, 0.1) is 0 Å². The van der Waals surface area contributed by atoms with E-state index in [1.165, 1.54) is 0 Å². The first-order chi connectivity index (χ1) is 12.9. The van der Waals surface area contributed by atoms with Gasteiger partial charge in [0.05, 0.1) is 7.11 Å². The Balaban J connectivity index is 1.60. The Hall–Kier alpha value is -3.34. The quantitative estimate of drug-likeness (QED) is 0.351. The van der Waals surface area contributed by atoms with Crippen molar-refractivity contribution in [2.45, 2.75) is 0 Å². The Morgan fingerprint density at radius 3 is 2.27 bits per heavy atom. The monoisotopic (exact) mass is 348 g/mol. The lowest BCUT2D eigenvalue weighted by atomic mass is 10.0. The van der Waals surface area contributed by atoms with Crippen LogP contribution < -0.4 is 9.47 Å². The van der Waals surface area contributed by atoms with Crippen molar-refractivity contribution in [3.63, 3.8) is 0 Å². The molecule has 0 aliphatic carbocycles. The molecule has 1 heterocycles. The largest absolute Gasteiger partial charge is 0.497 e.